The van der Waals surface area contributed by atoms with E-state index in [4.69, 9.17) is 4.74 Å². The molecule has 0 spiro atoms. The van der Waals surface area contributed by atoms with Crippen molar-refractivity contribution >= 4 is 23.6 Å². The van der Waals surface area contributed by atoms with Crippen molar-refractivity contribution < 1.29 is 14.3 Å². The van der Waals surface area contributed by atoms with Gasteiger partial charge in [0.25, 0.3) is 6.47 Å². The van der Waals surface area contributed by atoms with Gasteiger partial charge in [0.15, 0.2) is 0 Å². The second-order valence-electron chi connectivity index (χ2n) is 5.83. The number of rotatable bonds is 5. The lowest BCUT2D eigenvalue weighted by Crippen LogP contribution is -2.21. The molecule has 0 fully saturated rings. The van der Waals surface area contributed by atoms with Crippen LogP contribution in [0.2, 0.25) is 0 Å². The molecule has 2 aromatic rings. The van der Waals surface area contributed by atoms with E-state index >= 15 is 0 Å². The first-order valence-electron chi connectivity index (χ1n) is 6.73. The van der Waals surface area contributed by atoms with Crippen LogP contribution in [0.3, 0.4) is 0 Å². The van der Waals surface area contributed by atoms with Gasteiger partial charge in [-0.3, -0.25) is 9.59 Å². The summed E-state index contributed by atoms with van der Waals surface area (Å²) in [4.78, 5) is 24.6. The summed E-state index contributed by atoms with van der Waals surface area (Å²) >= 11 is 1.49. The molecule has 0 bridgehead atoms. The highest BCUT2D eigenvalue weighted by Gasteiger charge is 2.24. The Labute approximate surface area is 128 Å². The lowest BCUT2D eigenvalue weighted by molar-refractivity contribution is -0.126. The van der Waals surface area contributed by atoms with Gasteiger partial charge in [-0.05, 0) is 11.6 Å². The van der Waals surface area contributed by atoms with Crippen molar-refractivity contribution in [2.75, 3.05) is 0 Å². The topological polar surface area (TPSA) is 43.4 Å². The first-order chi connectivity index (χ1) is 9.91. The minimum absolute atomic E-state index is 0.125. The third-order valence-electron chi connectivity index (χ3n) is 3.16. The standard InChI is InChI=1S/C17H18O3S/c1-17(2,3)16(19)10-15-13(20-11-18)9-14(21-15)12-7-5-4-6-8-12/h4-9,11H,10H2,1-3H3. The maximum atomic E-state index is 12.2. The molecular formula is C17H18O3S. The highest BCUT2D eigenvalue weighted by Crippen LogP contribution is 2.37. The molecule has 2 rings (SSSR count). The van der Waals surface area contributed by atoms with Crippen LogP contribution in [0.1, 0.15) is 25.6 Å². The number of carbonyl (C=O) groups excluding carboxylic acids is 2. The van der Waals surface area contributed by atoms with Gasteiger partial charge in [-0.1, -0.05) is 51.1 Å². The third-order valence-corrected chi connectivity index (χ3v) is 4.33. The second-order valence-corrected chi connectivity index (χ2v) is 6.96. The SMILES string of the molecule is CC(C)(C)C(=O)Cc1sc(-c2ccccc2)cc1OC=O. The fourth-order valence-corrected chi connectivity index (χ4v) is 2.94. The Kier molecular flexibility index (Phi) is 4.58. The van der Waals surface area contributed by atoms with Gasteiger partial charge in [0, 0.05) is 16.7 Å². The Morgan fingerprint density at radius 1 is 1.24 bits per heavy atom. The van der Waals surface area contributed by atoms with Gasteiger partial charge in [0.05, 0.1) is 4.88 Å². The molecule has 0 unspecified atom stereocenters. The van der Waals surface area contributed by atoms with Crippen LogP contribution in [0, 0.1) is 5.41 Å². The van der Waals surface area contributed by atoms with Crippen molar-refractivity contribution in [1.82, 2.24) is 0 Å². The molecule has 0 aliphatic carbocycles. The van der Waals surface area contributed by atoms with Crippen LogP contribution in [-0.4, -0.2) is 12.3 Å². The molecule has 0 radical (unpaired) electrons. The van der Waals surface area contributed by atoms with Crippen molar-refractivity contribution in [2.24, 2.45) is 5.41 Å². The number of hydrogen-bond donors (Lipinski definition) is 0. The predicted octanol–water partition coefficient (Wildman–Crippen LogP) is 4.11. The molecule has 1 aromatic heterocycles. The van der Waals surface area contributed by atoms with E-state index in [0.29, 0.717) is 12.2 Å². The summed E-state index contributed by atoms with van der Waals surface area (Å²) in [6.07, 6.45) is 0.282. The number of hydrogen-bond acceptors (Lipinski definition) is 4. The van der Waals surface area contributed by atoms with Crippen LogP contribution >= 0.6 is 11.3 Å². The highest BCUT2D eigenvalue weighted by molar-refractivity contribution is 7.16. The molecule has 110 valence electrons. The predicted molar refractivity (Wildman–Crippen MR) is 84.6 cm³/mol. The molecule has 0 aliphatic rings. The molecule has 0 N–H and O–H groups in total. The molecule has 3 nitrogen and oxygen atoms in total. The van der Waals surface area contributed by atoms with Crippen molar-refractivity contribution in [1.29, 1.82) is 0 Å². The summed E-state index contributed by atoms with van der Waals surface area (Å²) in [5, 5.41) is 0. The minimum atomic E-state index is -0.407. The Bertz CT molecular complexity index is 636. The van der Waals surface area contributed by atoms with Gasteiger partial charge >= 0.3 is 0 Å². The number of carbonyl (C=O) groups is 2. The number of thiophene rings is 1. The van der Waals surface area contributed by atoms with Crippen LogP contribution in [0.4, 0.5) is 0 Å². The summed E-state index contributed by atoms with van der Waals surface area (Å²) < 4.78 is 5.03. The number of benzene rings is 1. The smallest absolute Gasteiger partial charge is 0.298 e. The Hall–Kier alpha value is -1.94. The molecule has 0 saturated heterocycles. The summed E-state index contributed by atoms with van der Waals surface area (Å²) in [5.74, 6) is 0.603. The zero-order valence-electron chi connectivity index (χ0n) is 12.4. The second kappa shape index (κ2) is 6.22. The van der Waals surface area contributed by atoms with E-state index in [9.17, 15) is 9.59 Å². The van der Waals surface area contributed by atoms with Gasteiger partial charge in [0.2, 0.25) is 0 Å². The van der Waals surface area contributed by atoms with Crippen molar-refractivity contribution in [3.63, 3.8) is 0 Å². The fourth-order valence-electron chi connectivity index (χ4n) is 1.84. The van der Waals surface area contributed by atoms with Gasteiger partial charge in [-0.2, -0.15) is 0 Å². The molecule has 21 heavy (non-hydrogen) atoms. The molecule has 1 aromatic carbocycles. The average molecular weight is 302 g/mol. The number of Topliss-reactive ketones (excluding diaryl/α,β-unsaturated/α-hetero) is 1. The summed E-state index contributed by atoms with van der Waals surface area (Å²) in [7, 11) is 0. The van der Waals surface area contributed by atoms with Crippen LogP contribution in [0.15, 0.2) is 36.4 Å². The summed E-state index contributed by atoms with van der Waals surface area (Å²) in [6, 6.07) is 11.7. The van der Waals surface area contributed by atoms with Crippen LogP contribution in [0.25, 0.3) is 10.4 Å². The molecule has 0 atom stereocenters. The van der Waals surface area contributed by atoms with Gasteiger partial charge in [-0.25, -0.2) is 0 Å². The van der Waals surface area contributed by atoms with Gasteiger partial charge < -0.3 is 4.74 Å². The Morgan fingerprint density at radius 2 is 1.90 bits per heavy atom. The number of ether oxygens (including phenoxy) is 1. The summed E-state index contributed by atoms with van der Waals surface area (Å²) in [6.45, 7) is 6.08. The van der Waals surface area contributed by atoms with Crippen molar-refractivity contribution in [3.8, 4) is 16.2 Å². The molecule has 0 amide bonds. The zero-order chi connectivity index (χ0) is 15.5. The van der Waals surface area contributed by atoms with E-state index in [1.807, 2.05) is 57.2 Å². The molecule has 0 aliphatic heterocycles. The Morgan fingerprint density at radius 3 is 2.48 bits per heavy atom. The van der Waals surface area contributed by atoms with E-state index in [2.05, 4.69) is 0 Å². The first kappa shape index (κ1) is 15.4. The first-order valence-corrected chi connectivity index (χ1v) is 7.55. The highest BCUT2D eigenvalue weighted by atomic mass is 32.1. The zero-order valence-corrected chi connectivity index (χ0v) is 13.2. The van der Waals surface area contributed by atoms with E-state index in [1.54, 1.807) is 0 Å². The van der Waals surface area contributed by atoms with Gasteiger partial charge in [-0.15, -0.1) is 11.3 Å². The normalized spacial score (nSPS) is 11.2. The average Bonchev–Trinajstić information content (AvgIpc) is 2.82. The van der Waals surface area contributed by atoms with Crippen molar-refractivity contribution in [2.45, 2.75) is 27.2 Å². The minimum Gasteiger partial charge on any atom is -0.428 e. The maximum absolute atomic E-state index is 12.2. The largest absolute Gasteiger partial charge is 0.428 e. The van der Waals surface area contributed by atoms with Gasteiger partial charge in [0.1, 0.15) is 11.5 Å². The monoisotopic (exact) mass is 302 g/mol. The van der Waals surface area contributed by atoms with Crippen LogP contribution in [-0.2, 0) is 16.0 Å². The van der Waals surface area contributed by atoms with E-state index in [0.717, 1.165) is 15.3 Å². The quantitative estimate of drug-likeness (QED) is 0.781. The van der Waals surface area contributed by atoms with Crippen LogP contribution in [0.5, 0.6) is 5.75 Å². The van der Waals surface area contributed by atoms with E-state index < -0.39 is 5.41 Å². The fraction of sp³-hybridized carbons (Fsp3) is 0.294. The van der Waals surface area contributed by atoms with E-state index in [-0.39, 0.29) is 12.2 Å². The lowest BCUT2D eigenvalue weighted by atomic mass is 9.88. The van der Waals surface area contributed by atoms with E-state index in [1.165, 1.54) is 11.3 Å². The molecule has 4 heteroatoms. The third kappa shape index (κ3) is 3.79. The molecular weight excluding hydrogens is 284 g/mol. The van der Waals surface area contributed by atoms with Crippen molar-refractivity contribution in [3.05, 3.63) is 41.3 Å². The lowest BCUT2D eigenvalue weighted by Gasteiger charge is -2.15. The molecule has 1 heterocycles. The maximum Gasteiger partial charge on any atom is 0.298 e. The molecule has 0 saturated carbocycles. The Balaban J connectivity index is 2.34. The number of ketones is 1. The van der Waals surface area contributed by atoms with Crippen LogP contribution < -0.4 is 4.74 Å². The summed E-state index contributed by atoms with van der Waals surface area (Å²) in [5.41, 5.74) is 0.641.